The fourth-order valence-corrected chi connectivity index (χ4v) is 2.05. The SMILES string of the molecule is C[C@@H](NC(=O)c1cc(F)ccc1F)c1ccc(Br)cc1. The molecule has 0 radical (unpaired) electrons. The Morgan fingerprint density at radius 1 is 1.15 bits per heavy atom. The average Bonchev–Trinajstić information content (AvgIpc) is 2.42. The highest BCUT2D eigenvalue weighted by molar-refractivity contribution is 9.10. The molecule has 2 aromatic carbocycles. The van der Waals surface area contributed by atoms with Gasteiger partial charge in [-0.1, -0.05) is 28.1 Å². The Bertz CT molecular complexity index is 628. The van der Waals surface area contributed by atoms with Crippen LogP contribution in [0.2, 0.25) is 0 Å². The van der Waals surface area contributed by atoms with Gasteiger partial charge in [-0.25, -0.2) is 8.78 Å². The van der Waals surface area contributed by atoms with Gasteiger partial charge in [0.1, 0.15) is 11.6 Å². The summed E-state index contributed by atoms with van der Waals surface area (Å²) in [5.74, 6) is -2.03. The van der Waals surface area contributed by atoms with Crippen LogP contribution < -0.4 is 5.32 Å². The van der Waals surface area contributed by atoms with Crippen LogP contribution in [0.4, 0.5) is 8.78 Å². The van der Waals surface area contributed by atoms with Gasteiger partial charge in [0.2, 0.25) is 0 Å². The van der Waals surface area contributed by atoms with E-state index >= 15 is 0 Å². The molecule has 1 N–H and O–H groups in total. The summed E-state index contributed by atoms with van der Waals surface area (Å²) in [5, 5.41) is 2.64. The van der Waals surface area contributed by atoms with Gasteiger partial charge in [-0.15, -0.1) is 0 Å². The first kappa shape index (κ1) is 14.7. The molecule has 0 spiro atoms. The van der Waals surface area contributed by atoms with E-state index in [1.165, 1.54) is 0 Å². The lowest BCUT2D eigenvalue weighted by Gasteiger charge is -2.14. The van der Waals surface area contributed by atoms with Crippen molar-refractivity contribution in [2.75, 3.05) is 0 Å². The third-order valence-corrected chi connectivity index (χ3v) is 3.42. The topological polar surface area (TPSA) is 29.1 Å². The second-order valence-electron chi connectivity index (χ2n) is 4.37. The molecule has 0 heterocycles. The van der Waals surface area contributed by atoms with Crippen LogP contribution in [-0.4, -0.2) is 5.91 Å². The van der Waals surface area contributed by atoms with Gasteiger partial charge in [0.25, 0.3) is 5.91 Å². The summed E-state index contributed by atoms with van der Waals surface area (Å²) < 4.78 is 27.5. The summed E-state index contributed by atoms with van der Waals surface area (Å²) >= 11 is 3.32. The maximum absolute atomic E-state index is 13.5. The van der Waals surface area contributed by atoms with Crippen LogP contribution in [0.25, 0.3) is 0 Å². The van der Waals surface area contributed by atoms with Crippen LogP contribution >= 0.6 is 15.9 Å². The molecule has 2 rings (SSSR count). The molecule has 104 valence electrons. The second-order valence-corrected chi connectivity index (χ2v) is 5.29. The second kappa shape index (κ2) is 6.13. The van der Waals surface area contributed by atoms with E-state index < -0.39 is 17.5 Å². The van der Waals surface area contributed by atoms with Gasteiger partial charge in [0.15, 0.2) is 0 Å². The highest BCUT2D eigenvalue weighted by Gasteiger charge is 2.15. The van der Waals surface area contributed by atoms with Crippen molar-refractivity contribution in [3.05, 3.63) is 69.7 Å². The number of amides is 1. The Morgan fingerprint density at radius 2 is 1.80 bits per heavy atom. The first-order valence-electron chi connectivity index (χ1n) is 5.99. The molecular formula is C15H12BrF2NO. The van der Waals surface area contributed by atoms with Crippen molar-refractivity contribution >= 4 is 21.8 Å². The molecule has 0 unspecified atom stereocenters. The van der Waals surface area contributed by atoms with E-state index in [1.807, 2.05) is 24.3 Å². The van der Waals surface area contributed by atoms with Crippen molar-refractivity contribution in [2.24, 2.45) is 0 Å². The molecule has 2 aromatic rings. The van der Waals surface area contributed by atoms with E-state index in [9.17, 15) is 13.6 Å². The van der Waals surface area contributed by atoms with Crippen molar-refractivity contribution < 1.29 is 13.6 Å². The highest BCUT2D eigenvalue weighted by Crippen LogP contribution is 2.18. The molecule has 0 fully saturated rings. The van der Waals surface area contributed by atoms with Crippen molar-refractivity contribution in [1.82, 2.24) is 5.32 Å². The van der Waals surface area contributed by atoms with E-state index in [-0.39, 0.29) is 11.6 Å². The van der Waals surface area contributed by atoms with Gasteiger partial charge < -0.3 is 5.32 Å². The molecular weight excluding hydrogens is 328 g/mol. The normalized spacial score (nSPS) is 12.0. The Morgan fingerprint density at radius 3 is 2.45 bits per heavy atom. The molecule has 0 aliphatic carbocycles. The van der Waals surface area contributed by atoms with Gasteiger partial charge >= 0.3 is 0 Å². The minimum atomic E-state index is -0.744. The van der Waals surface area contributed by atoms with Crippen molar-refractivity contribution in [2.45, 2.75) is 13.0 Å². The average molecular weight is 340 g/mol. The standard InChI is InChI=1S/C15H12BrF2NO/c1-9(10-2-4-11(16)5-3-10)19-15(20)13-8-12(17)6-7-14(13)18/h2-9H,1H3,(H,19,20)/t9-/m1/s1. The van der Waals surface area contributed by atoms with Crippen LogP contribution in [0, 0.1) is 11.6 Å². The minimum Gasteiger partial charge on any atom is -0.345 e. The molecule has 1 atom stereocenters. The number of carbonyl (C=O) groups is 1. The van der Waals surface area contributed by atoms with E-state index in [2.05, 4.69) is 21.2 Å². The van der Waals surface area contributed by atoms with Crippen LogP contribution in [0.1, 0.15) is 28.9 Å². The van der Waals surface area contributed by atoms with Gasteiger partial charge in [-0.3, -0.25) is 4.79 Å². The number of hydrogen-bond acceptors (Lipinski definition) is 1. The van der Waals surface area contributed by atoms with Crippen LogP contribution in [0.5, 0.6) is 0 Å². The predicted octanol–water partition coefficient (Wildman–Crippen LogP) is 4.22. The Hall–Kier alpha value is -1.75. The Balaban J connectivity index is 2.15. The molecule has 2 nitrogen and oxygen atoms in total. The highest BCUT2D eigenvalue weighted by atomic mass is 79.9. The lowest BCUT2D eigenvalue weighted by atomic mass is 10.1. The third kappa shape index (κ3) is 3.42. The Labute approximate surface area is 123 Å². The molecule has 0 aliphatic rings. The molecule has 0 aromatic heterocycles. The van der Waals surface area contributed by atoms with Crippen molar-refractivity contribution in [3.63, 3.8) is 0 Å². The monoisotopic (exact) mass is 339 g/mol. The third-order valence-electron chi connectivity index (χ3n) is 2.89. The van der Waals surface area contributed by atoms with Crippen molar-refractivity contribution in [1.29, 1.82) is 0 Å². The zero-order chi connectivity index (χ0) is 14.7. The summed E-state index contributed by atoms with van der Waals surface area (Å²) in [6.07, 6.45) is 0. The summed E-state index contributed by atoms with van der Waals surface area (Å²) in [4.78, 5) is 11.9. The lowest BCUT2D eigenvalue weighted by molar-refractivity contribution is 0.0935. The number of benzene rings is 2. The van der Waals surface area contributed by atoms with Gasteiger partial charge in [0, 0.05) is 4.47 Å². The molecule has 5 heteroatoms. The molecule has 1 amide bonds. The summed E-state index contributed by atoms with van der Waals surface area (Å²) in [6, 6.07) is 9.88. The maximum atomic E-state index is 13.5. The fraction of sp³-hybridized carbons (Fsp3) is 0.133. The number of halogens is 3. The maximum Gasteiger partial charge on any atom is 0.254 e. The smallest absolute Gasteiger partial charge is 0.254 e. The van der Waals surface area contributed by atoms with E-state index in [0.29, 0.717) is 0 Å². The fourth-order valence-electron chi connectivity index (χ4n) is 1.78. The number of rotatable bonds is 3. The zero-order valence-electron chi connectivity index (χ0n) is 10.7. The summed E-state index contributed by atoms with van der Waals surface area (Å²) in [7, 11) is 0. The number of hydrogen-bond donors (Lipinski definition) is 1. The first-order valence-corrected chi connectivity index (χ1v) is 6.78. The van der Waals surface area contributed by atoms with Gasteiger partial charge in [-0.05, 0) is 42.8 Å². The Kier molecular flexibility index (Phi) is 4.49. The van der Waals surface area contributed by atoms with Crippen LogP contribution in [0.3, 0.4) is 0 Å². The van der Waals surface area contributed by atoms with E-state index in [0.717, 1.165) is 28.2 Å². The quantitative estimate of drug-likeness (QED) is 0.891. The first-order chi connectivity index (χ1) is 9.47. The predicted molar refractivity (Wildman–Crippen MR) is 76.4 cm³/mol. The summed E-state index contributed by atoms with van der Waals surface area (Å²) in [6.45, 7) is 1.78. The van der Waals surface area contributed by atoms with Gasteiger partial charge in [-0.2, -0.15) is 0 Å². The van der Waals surface area contributed by atoms with Crippen LogP contribution in [0.15, 0.2) is 46.9 Å². The lowest BCUT2D eigenvalue weighted by Crippen LogP contribution is -2.27. The minimum absolute atomic E-state index is 0.297. The zero-order valence-corrected chi connectivity index (χ0v) is 12.2. The molecule has 0 aliphatic heterocycles. The molecule has 0 bridgehead atoms. The molecule has 0 saturated carbocycles. The van der Waals surface area contributed by atoms with E-state index in [4.69, 9.17) is 0 Å². The molecule has 20 heavy (non-hydrogen) atoms. The van der Waals surface area contributed by atoms with Gasteiger partial charge in [0.05, 0.1) is 11.6 Å². The van der Waals surface area contributed by atoms with E-state index in [1.54, 1.807) is 6.92 Å². The summed E-state index contributed by atoms with van der Waals surface area (Å²) in [5.41, 5.74) is 0.576. The van der Waals surface area contributed by atoms with Crippen molar-refractivity contribution in [3.8, 4) is 0 Å². The number of nitrogens with one attached hydrogen (secondary N) is 1. The number of carbonyl (C=O) groups excluding carboxylic acids is 1. The van der Waals surface area contributed by atoms with Crippen LogP contribution in [-0.2, 0) is 0 Å². The largest absolute Gasteiger partial charge is 0.345 e. The molecule has 0 saturated heterocycles.